The molecule has 4 nitrogen and oxygen atoms in total. The van der Waals surface area contributed by atoms with Crippen LogP contribution in [-0.4, -0.2) is 11.9 Å². The van der Waals surface area contributed by atoms with Crippen LogP contribution in [0.15, 0.2) is 47.5 Å². The molecule has 0 aliphatic rings. The lowest BCUT2D eigenvalue weighted by Crippen LogP contribution is -2.26. The largest absolute Gasteiger partial charge is 0.370 e. The molecule has 4 N–H and O–H groups in total. The van der Waals surface area contributed by atoms with Crippen molar-refractivity contribution >= 4 is 47.5 Å². The van der Waals surface area contributed by atoms with Gasteiger partial charge in [0.15, 0.2) is 5.96 Å². The Bertz CT molecular complexity index is 747. The number of nitrogens with two attached hydrogens (primary N) is 2. The molecule has 0 bridgehead atoms. The maximum absolute atomic E-state index is 13.0. The first kappa shape index (κ1) is 20.2. The van der Waals surface area contributed by atoms with E-state index in [1.165, 1.54) is 12.1 Å². The third-order valence-electron chi connectivity index (χ3n) is 3.23. The van der Waals surface area contributed by atoms with E-state index in [-0.39, 0.29) is 30.6 Å². The lowest BCUT2D eigenvalue weighted by atomic mass is 9.91. The molecule has 8 heteroatoms. The Morgan fingerprint density at radius 1 is 1.12 bits per heavy atom. The fourth-order valence-corrected chi connectivity index (χ4v) is 2.72. The molecule has 1 amide bonds. The smallest absolute Gasteiger partial charge is 0.256 e. The first-order chi connectivity index (χ1) is 10.9. The first-order valence-electron chi connectivity index (χ1n) is 6.69. The summed E-state index contributed by atoms with van der Waals surface area (Å²) in [4.78, 5) is 15.9. The van der Waals surface area contributed by atoms with Gasteiger partial charge in [-0.2, -0.15) is 4.99 Å². The zero-order chi connectivity index (χ0) is 17.0. The zero-order valence-electron chi connectivity index (χ0n) is 12.4. The quantitative estimate of drug-likeness (QED) is 0.617. The molecule has 0 aliphatic carbocycles. The van der Waals surface area contributed by atoms with E-state index in [2.05, 4.69) is 4.99 Å². The number of carbonyl (C=O) groups is 1. The lowest BCUT2D eigenvalue weighted by Gasteiger charge is -2.16. The number of nitrogens with zero attached hydrogens (tertiary/aromatic N) is 1. The Balaban J connectivity index is 0.00000288. The molecular formula is C16H15Cl3FN3O. The molecule has 0 radical (unpaired) electrons. The van der Waals surface area contributed by atoms with E-state index in [1.807, 2.05) is 0 Å². The third-order valence-corrected chi connectivity index (χ3v) is 3.79. The van der Waals surface area contributed by atoms with Crippen molar-refractivity contribution < 1.29 is 9.18 Å². The summed E-state index contributed by atoms with van der Waals surface area (Å²) in [7, 11) is 0. The number of hydrogen-bond acceptors (Lipinski definition) is 1. The third kappa shape index (κ3) is 5.37. The Kier molecular flexibility index (Phi) is 7.48. The molecule has 128 valence electrons. The maximum Gasteiger partial charge on any atom is 0.256 e. The summed E-state index contributed by atoms with van der Waals surface area (Å²) in [6, 6.07) is 10.6. The van der Waals surface area contributed by atoms with Crippen molar-refractivity contribution in [2.45, 2.75) is 12.3 Å². The van der Waals surface area contributed by atoms with Gasteiger partial charge in [0.1, 0.15) is 5.82 Å². The molecule has 2 aromatic rings. The van der Waals surface area contributed by atoms with E-state index in [1.54, 1.807) is 30.3 Å². The Morgan fingerprint density at radius 2 is 1.75 bits per heavy atom. The monoisotopic (exact) mass is 389 g/mol. The average molecular weight is 391 g/mol. The van der Waals surface area contributed by atoms with E-state index in [0.29, 0.717) is 15.6 Å². The van der Waals surface area contributed by atoms with Crippen molar-refractivity contribution in [3.63, 3.8) is 0 Å². The summed E-state index contributed by atoms with van der Waals surface area (Å²) in [5.74, 6) is -1.92. The maximum atomic E-state index is 13.0. The summed E-state index contributed by atoms with van der Waals surface area (Å²) >= 11 is 12.1. The number of guanidine groups is 1. The fraction of sp³-hybridized carbons (Fsp3) is 0.125. The van der Waals surface area contributed by atoms with Crippen LogP contribution < -0.4 is 11.5 Å². The summed E-state index contributed by atoms with van der Waals surface area (Å²) in [6.45, 7) is 0. The Hall–Kier alpha value is -1.82. The summed E-state index contributed by atoms with van der Waals surface area (Å²) in [6.07, 6.45) is 0.275. The van der Waals surface area contributed by atoms with E-state index < -0.39 is 11.8 Å². The van der Waals surface area contributed by atoms with Crippen molar-refractivity contribution in [1.82, 2.24) is 0 Å². The molecule has 0 fully saturated rings. The van der Waals surface area contributed by atoms with Crippen LogP contribution in [0.2, 0.25) is 10.0 Å². The van der Waals surface area contributed by atoms with Crippen LogP contribution in [0.25, 0.3) is 0 Å². The summed E-state index contributed by atoms with van der Waals surface area (Å²) in [5, 5.41) is 0.789. The molecule has 1 atom stereocenters. The van der Waals surface area contributed by atoms with Gasteiger partial charge in [-0.3, -0.25) is 4.79 Å². The standard InChI is InChI=1S/C16H14Cl2FN3O.ClH/c17-10-3-6-12(14(18)8-10)13(15(23)22-16(20)21)7-9-1-4-11(19)5-2-9;/h1-6,8,13H,7H2,(H4,20,21,22,23);1H/t13-;/m1./s1. The van der Waals surface area contributed by atoms with Crippen molar-refractivity contribution in [2.24, 2.45) is 16.5 Å². The average Bonchev–Trinajstić information content (AvgIpc) is 2.46. The van der Waals surface area contributed by atoms with Crippen LogP contribution in [0, 0.1) is 5.82 Å². The topological polar surface area (TPSA) is 81.5 Å². The van der Waals surface area contributed by atoms with E-state index in [9.17, 15) is 9.18 Å². The van der Waals surface area contributed by atoms with Crippen molar-refractivity contribution in [3.8, 4) is 0 Å². The van der Waals surface area contributed by atoms with Gasteiger partial charge in [0, 0.05) is 10.0 Å². The van der Waals surface area contributed by atoms with Gasteiger partial charge in [0.2, 0.25) is 0 Å². The van der Waals surface area contributed by atoms with Gasteiger partial charge in [0.25, 0.3) is 5.91 Å². The molecule has 2 rings (SSSR count). The SMILES string of the molecule is Cl.NC(N)=NC(=O)[C@H](Cc1ccc(F)cc1)c1ccc(Cl)cc1Cl. The highest BCUT2D eigenvalue weighted by atomic mass is 35.5. The predicted molar refractivity (Wildman–Crippen MR) is 97.4 cm³/mol. The molecule has 2 aromatic carbocycles. The molecule has 0 heterocycles. The highest BCUT2D eigenvalue weighted by Crippen LogP contribution is 2.31. The summed E-state index contributed by atoms with van der Waals surface area (Å²) in [5.41, 5.74) is 11.9. The van der Waals surface area contributed by atoms with Crippen LogP contribution in [0.4, 0.5) is 4.39 Å². The molecule has 0 aliphatic heterocycles. The normalized spacial score (nSPS) is 11.3. The number of halogens is 4. The Labute approximate surface area is 155 Å². The van der Waals surface area contributed by atoms with E-state index in [0.717, 1.165) is 5.56 Å². The minimum Gasteiger partial charge on any atom is -0.370 e. The van der Waals surface area contributed by atoms with Gasteiger partial charge in [-0.25, -0.2) is 4.39 Å². The first-order valence-corrected chi connectivity index (χ1v) is 7.45. The number of rotatable bonds is 4. The molecule has 0 aromatic heterocycles. The highest BCUT2D eigenvalue weighted by Gasteiger charge is 2.23. The molecule has 0 unspecified atom stereocenters. The molecule has 0 saturated heterocycles. The van der Waals surface area contributed by atoms with Crippen LogP contribution >= 0.6 is 35.6 Å². The zero-order valence-corrected chi connectivity index (χ0v) is 14.7. The minimum atomic E-state index is -0.702. The summed E-state index contributed by atoms with van der Waals surface area (Å²) < 4.78 is 13.0. The molecule has 0 saturated carbocycles. The van der Waals surface area contributed by atoms with Crippen molar-refractivity contribution in [3.05, 3.63) is 69.5 Å². The highest BCUT2D eigenvalue weighted by molar-refractivity contribution is 6.35. The lowest BCUT2D eigenvalue weighted by molar-refractivity contribution is -0.119. The number of carbonyl (C=O) groups excluding carboxylic acids is 1. The molecule has 24 heavy (non-hydrogen) atoms. The van der Waals surface area contributed by atoms with Crippen LogP contribution in [-0.2, 0) is 11.2 Å². The van der Waals surface area contributed by atoms with Crippen molar-refractivity contribution in [2.75, 3.05) is 0 Å². The Morgan fingerprint density at radius 3 is 2.29 bits per heavy atom. The second-order valence-electron chi connectivity index (χ2n) is 4.92. The number of amides is 1. The van der Waals surface area contributed by atoms with Crippen LogP contribution in [0.5, 0.6) is 0 Å². The molecular weight excluding hydrogens is 376 g/mol. The number of hydrogen-bond donors (Lipinski definition) is 2. The van der Waals surface area contributed by atoms with Crippen LogP contribution in [0.1, 0.15) is 17.0 Å². The minimum absolute atomic E-state index is 0. The molecule has 0 spiro atoms. The van der Waals surface area contributed by atoms with Gasteiger partial charge in [0.05, 0.1) is 5.92 Å². The number of benzene rings is 2. The van der Waals surface area contributed by atoms with Gasteiger partial charge in [-0.05, 0) is 41.8 Å². The van der Waals surface area contributed by atoms with Gasteiger partial charge in [-0.1, -0.05) is 41.4 Å². The van der Waals surface area contributed by atoms with Gasteiger partial charge in [-0.15, -0.1) is 12.4 Å². The second-order valence-corrected chi connectivity index (χ2v) is 5.77. The predicted octanol–water partition coefficient (Wildman–Crippen LogP) is 3.68. The van der Waals surface area contributed by atoms with Crippen LogP contribution in [0.3, 0.4) is 0 Å². The van der Waals surface area contributed by atoms with Gasteiger partial charge >= 0.3 is 0 Å². The number of aliphatic imine (C=N–C) groups is 1. The van der Waals surface area contributed by atoms with E-state index in [4.69, 9.17) is 34.7 Å². The van der Waals surface area contributed by atoms with Crippen molar-refractivity contribution in [1.29, 1.82) is 0 Å². The van der Waals surface area contributed by atoms with E-state index >= 15 is 0 Å². The fourth-order valence-electron chi connectivity index (χ4n) is 2.18. The van der Waals surface area contributed by atoms with Gasteiger partial charge < -0.3 is 11.5 Å². The second kappa shape index (κ2) is 8.87.